The number of nitrogens with zero attached hydrogens (tertiary/aromatic N) is 5. The number of aliphatic hydroxyl groups excluding tert-OH is 1. The molecule has 1 N–H and O–H groups in total. The van der Waals surface area contributed by atoms with Crippen molar-refractivity contribution in [3.8, 4) is 0 Å². The number of pyridine rings is 1. The highest BCUT2D eigenvalue weighted by atomic mass is 35.5. The molecule has 0 saturated carbocycles. The minimum Gasteiger partial charge on any atom is -0.396 e. The van der Waals surface area contributed by atoms with Crippen LogP contribution in [0.1, 0.15) is 50.3 Å². The third kappa shape index (κ3) is 5.46. The SMILES string of the molecule is CCC1CN(C(CCO)c2ccc(C(F)(F)F)cc2)[C@H](CC)CN1c1nc(=O)n(C)c2ccc(Cl)nc12. The van der Waals surface area contributed by atoms with Crippen molar-refractivity contribution in [2.45, 2.75) is 57.4 Å². The molecule has 0 radical (unpaired) electrons. The lowest BCUT2D eigenvalue weighted by atomic mass is 9.94. The Kier molecular flexibility index (Phi) is 8.11. The van der Waals surface area contributed by atoms with Gasteiger partial charge in [0.1, 0.15) is 10.7 Å². The summed E-state index contributed by atoms with van der Waals surface area (Å²) in [4.78, 5) is 26.0. The maximum absolute atomic E-state index is 13.1. The van der Waals surface area contributed by atoms with Gasteiger partial charge in [-0.2, -0.15) is 18.2 Å². The summed E-state index contributed by atoms with van der Waals surface area (Å²) in [7, 11) is 1.64. The number of piperazine rings is 1. The second-order valence-electron chi connectivity index (χ2n) is 9.40. The van der Waals surface area contributed by atoms with E-state index in [-0.39, 0.29) is 30.4 Å². The van der Waals surface area contributed by atoms with E-state index in [4.69, 9.17) is 11.6 Å². The van der Waals surface area contributed by atoms with Crippen LogP contribution in [0.3, 0.4) is 0 Å². The summed E-state index contributed by atoms with van der Waals surface area (Å²) < 4.78 is 40.8. The standard InChI is InChI=1S/C26H31ClF3N5O2/c1-4-18-15-35(24-23-21(10-11-22(27)31-23)33(3)25(37)32-24)19(5-2)14-34(18)20(12-13-36)16-6-8-17(9-7-16)26(28,29)30/h6-11,18-20,36H,4-5,12-15H2,1-3H3/t18-,19?,20?/m1/s1. The molecule has 2 unspecified atom stereocenters. The number of anilines is 1. The fourth-order valence-corrected chi connectivity index (χ4v) is 5.40. The molecule has 0 spiro atoms. The normalized spacial score (nSPS) is 19.9. The van der Waals surface area contributed by atoms with Gasteiger partial charge in [-0.25, -0.2) is 9.78 Å². The first-order chi connectivity index (χ1) is 17.6. The zero-order chi connectivity index (χ0) is 26.9. The number of aryl methyl sites for hydroxylation is 1. The van der Waals surface area contributed by atoms with Crippen molar-refractivity contribution in [1.82, 2.24) is 19.4 Å². The number of halogens is 4. The molecule has 1 aliphatic heterocycles. The first-order valence-corrected chi connectivity index (χ1v) is 12.8. The van der Waals surface area contributed by atoms with E-state index < -0.39 is 11.7 Å². The fraction of sp³-hybridized carbons (Fsp3) is 0.500. The van der Waals surface area contributed by atoms with Gasteiger partial charge in [-0.05, 0) is 49.1 Å². The van der Waals surface area contributed by atoms with Crippen LogP contribution in [-0.4, -0.2) is 56.3 Å². The molecule has 11 heteroatoms. The van der Waals surface area contributed by atoms with Crippen LogP contribution in [0.2, 0.25) is 5.15 Å². The van der Waals surface area contributed by atoms with E-state index in [1.54, 1.807) is 19.2 Å². The summed E-state index contributed by atoms with van der Waals surface area (Å²) in [6, 6.07) is 8.31. The minimum absolute atomic E-state index is 0.00161. The van der Waals surface area contributed by atoms with Crippen molar-refractivity contribution >= 4 is 28.5 Å². The van der Waals surface area contributed by atoms with Crippen LogP contribution in [0.15, 0.2) is 41.2 Å². The van der Waals surface area contributed by atoms with Crippen molar-refractivity contribution in [2.24, 2.45) is 7.05 Å². The number of rotatable bonds is 7. The van der Waals surface area contributed by atoms with Crippen molar-refractivity contribution in [3.05, 3.63) is 63.2 Å². The lowest BCUT2D eigenvalue weighted by Crippen LogP contribution is -2.59. The molecule has 1 aromatic carbocycles. The van der Waals surface area contributed by atoms with Crippen LogP contribution >= 0.6 is 11.6 Å². The molecule has 3 heterocycles. The minimum atomic E-state index is -4.41. The van der Waals surface area contributed by atoms with Crippen LogP contribution in [0.5, 0.6) is 0 Å². The van der Waals surface area contributed by atoms with E-state index in [9.17, 15) is 23.1 Å². The summed E-state index contributed by atoms with van der Waals surface area (Å²) >= 11 is 6.21. The Bertz CT molecular complexity index is 1300. The van der Waals surface area contributed by atoms with Gasteiger partial charge in [0, 0.05) is 44.9 Å². The van der Waals surface area contributed by atoms with Crippen molar-refractivity contribution < 1.29 is 18.3 Å². The monoisotopic (exact) mass is 537 g/mol. The third-order valence-electron chi connectivity index (χ3n) is 7.28. The summed E-state index contributed by atoms with van der Waals surface area (Å²) in [5.41, 5.74) is 0.824. The highest BCUT2D eigenvalue weighted by molar-refractivity contribution is 6.29. The quantitative estimate of drug-likeness (QED) is 0.436. The van der Waals surface area contributed by atoms with Crippen LogP contribution in [0.4, 0.5) is 19.0 Å². The summed E-state index contributed by atoms with van der Waals surface area (Å²) in [5, 5.41) is 10.1. The first-order valence-electron chi connectivity index (χ1n) is 12.4. The molecule has 1 aliphatic rings. The smallest absolute Gasteiger partial charge is 0.396 e. The molecule has 3 aromatic rings. The predicted octanol–water partition coefficient (Wildman–Crippen LogP) is 4.80. The lowest BCUT2D eigenvalue weighted by molar-refractivity contribution is -0.137. The van der Waals surface area contributed by atoms with Crippen molar-refractivity contribution in [1.29, 1.82) is 0 Å². The van der Waals surface area contributed by atoms with Crippen LogP contribution in [0.25, 0.3) is 11.0 Å². The number of alkyl halides is 3. The molecule has 0 aliphatic carbocycles. The van der Waals surface area contributed by atoms with E-state index in [0.29, 0.717) is 41.5 Å². The van der Waals surface area contributed by atoms with Crippen LogP contribution in [0, 0.1) is 0 Å². The highest BCUT2D eigenvalue weighted by Gasteiger charge is 2.38. The van der Waals surface area contributed by atoms with Crippen LogP contribution < -0.4 is 10.6 Å². The predicted molar refractivity (Wildman–Crippen MR) is 138 cm³/mol. The number of fused-ring (bicyclic) bond motifs is 1. The van der Waals surface area contributed by atoms with E-state index in [0.717, 1.165) is 30.5 Å². The van der Waals surface area contributed by atoms with Gasteiger partial charge < -0.3 is 10.0 Å². The number of benzene rings is 1. The summed E-state index contributed by atoms with van der Waals surface area (Å²) in [6.07, 6.45) is -2.52. The maximum atomic E-state index is 13.1. The topological polar surface area (TPSA) is 74.5 Å². The zero-order valence-corrected chi connectivity index (χ0v) is 21.8. The Morgan fingerprint density at radius 1 is 1.05 bits per heavy atom. The van der Waals surface area contributed by atoms with Crippen molar-refractivity contribution in [3.63, 3.8) is 0 Å². The second kappa shape index (κ2) is 11.0. The molecular formula is C26H31ClF3N5O2. The molecule has 4 rings (SSSR count). The molecule has 200 valence electrons. The molecule has 1 saturated heterocycles. The van der Waals surface area contributed by atoms with E-state index in [1.165, 1.54) is 16.7 Å². The molecule has 1 fully saturated rings. The average molecular weight is 538 g/mol. The second-order valence-corrected chi connectivity index (χ2v) is 9.79. The van der Waals surface area contributed by atoms with Gasteiger partial charge in [0.15, 0.2) is 5.82 Å². The molecular weight excluding hydrogens is 507 g/mol. The summed E-state index contributed by atoms with van der Waals surface area (Å²) in [6.45, 7) is 5.13. The van der Waals surface area contributed by atoms with Gasteiger partial charge >= 0.3 is 11.9 Å². The van der Waals surface area contributed by atoms with Gasteiger partial charge in [-0.1, -0.05) is 37.6 Å². The van der Waals surface area contributed by atoms with E-state index >= 15 is 0 Å². The number of aromatic nitrogens is 3. The Morgan fingerprint density at radius 2 is 1.73 bits per heavy atom. The maximum Gasteiger partial charge on any atom is 0.416 e. The number of hydrogen-bond donors (Lipinski definition) is 1. The van der Waals surface area contributed by atoms with Crippen LogP contribution in [-0.2, 0) is 13.2 Å². The van der Waals surface area contributed by atoms with Crippen molar-refractivity contribution in [2.75, 3.05) is 24.6 Å². The Labute approximate surface area is 218 Å². The average Bonchev–Trinajstić information content (AvgIpc) is 2.88. The van der Waals surface area contributed by atoms with E-state index in [1.807, 2.05) is 6.92 Å². The summed E-state index contributed by atoms with van der Waals surface area (Å²) in [5.74, 6) is 0.485. The molecule has 7 nitrogen and oxygen atoms in total. The molecule has 0 bridgehead atoms. The third-order valence-corrected chi connectivity index (χ3v) is 7.49. The zero-order valence-electron chi connectivity index (χ0n) is 21.0. The molecule has 3 atom stereocenters. The van der Waals surface area contributed by atoms with E-state index in [2.05, 4.69) is 26.7 Å². The Balaban J connectivity index is 1.73. The fourth-order valence-electron chi connectivity index (χ4n) is 5.25. The molecule has 37 heavy (non-hydrogen) atoms. The number of aliphatic hydroxyl groups is 1. The Hall–Kier alpha value is -2.69. The van der Waals surface area contributed by atoms with Gasteiger partial charge in [-0.3, -0.25) is 9.47 Å². The van der Waals surface area contributed by atoms with Gasteiger partial charge in [0.25, 0.3) is 0 Å². The first kappa shape index (κ1) is 27.3. The number of hydrogen-bond acceptors (Lipinski definition) is 6. The van der Waals surface area contributed by atoms with Gasteiger partial charge in [0.2, 0.25) is 0 Å². The Morgan fingerprint density at radius 3 is 2.32 bits per heavy atom. The largest absolute Gasteiger partial charge is 0.416 e. The molecule has 0 amide bonds. The lowest BCUT2D eigenvalue weighted by Gasteiger charge is -2.49. The van der Waals surface area contributed by atoms with Gasteiger partial charge in [-0.15, -0.1) is 0 Å². The van der Waals surface area contributed by atoms with Gasteiger partial charge in [0.05, 0.1) is 11.1 Å². The molecule has 2 aromatic heterocycles. The highest BCUT2D eigenvalue weighted by Crippen LogP contribution is 2.36.